The Kier molecular flexibility index (Phi) is 9.26. The van der Waals surface area contributed by atoms with Crippen LogP contribution in [0.3, 0.4) is 0 Å². The van der Waals surface area contributed by atoms with Crippen LogP contribution in [0.4, 0.5) is 20.6 Å². The normalized spacial score (nSPS) is 17.4. The third-order valence-electron chi connectivity index (χ3n) is 7.87. The minimum Gasteiger partial charge on any atom is -0.487 e. The first kappa shape index (κ1) is 31.7. The lowest BCUT2D eigenvalue weighted by molar-refractivity contribution is 0.0371. The maximum absolute atomic E-state index is 13.7. The van der Waals surface area contributed by atoms with Gasteiger partial charge in [-0.15, -0.1) is 0 Å². The molecule has 0 aliphatic carbocycles. The van der Waals surface area contributed by atoms with E-state index in [-0.39, 0.29) is 53.5 Å². The SMILES string of the molecule is C[C@@H]1CN([C@H](C)CO)C(=O)c2cc(NS(=O)(=O)c3ccc(F)cc3)ccc2O[C@H]1CN(C)C(=O)Nc1cccc2ccccc12. The number of hydrogen-bond acceptors (Lipinski definition) is 6. The second-order valence-electron chi connectivity index (χ2n) is 11.2. The molecule has 4 aromatic carbocycles. The van der Waals surface area contributed by atoms with E-state index in [1.54, 1.807) is 14.0 Å². The van der Waals surface area contributed by atoms with E-state index >= 15 is 0 Å². The Labute approximate surface area is 261 Å². The number of sulfonamides is 1. The predicted molar refractivity (Wildman–Crippen MR) is 170 cm³/mol. The summed E-state index contributed by atoms with van der Waals surface area (Å²) in [5.41, 5.74) is 0.865. The number of hydrogen-bond donors (Lipinski definition) is 3. The molecule has 0 saturated heterocycles. The molecule has 1 heterocycles. The molecule has 0 radical (unpaired) electrons. The molecule has 0 bridgehead atoms. The molecule has 3 amide bonds. The third-order valence-corrected chi connectivity index (χ3v) is 9.27. The summed E-state index contributed by atoms with van der Waals surface area (Å²) in [6, 6.07) is 21.2. The van der Waals surface area contributed by atoms with E-state index in [9.17, 15) is 27.5 Å². The lowest BCUT2D eigenvalue weighted by Crippen LogP contribution is -2.50. The van der Waals surface area contributed by atoms with Gasteiger partial charge in [-0.2, -0.15) is 0 Å². The van der Waals surface area contributed by atoms with E-state index < -0.39 is 33.9 Å². The average molecular weight is 635 g/mol. The lowest BCUT2D eigenvalue weighted by atomic mass is 9.99. The largest absolute Gasteiger partial charge is 0.487 e. The quantitative estimate of drug-likeness (QED) is 0.246. The second kappa shape index (κ2) is 13.1. The summed E-state index contributed by atoms with van der Waals surface area (Å²) < 4.78 is 48.1. The van der Waals surface area contributed by atoms with Crippen LogP contribution in [0.15, 0.2) is 89.8 Å². The van der Waals surface area contributed by atoms with Crippen molar-refractivity contribution in [1.82, 2.24) is 9.80 Å². The van der Waals surface area contributed by atoms with E-state index in [1.165, 1.54) is 28.0 Å². The molecule has 1 aliphatic heterocycles. The number of urea groups is 1. The standard InChI is InChI=1S/C33H35FN4O6S/c1-21-18-38(22(2)20-39)32(40)28-17-25(36-45(42,43)26-14-11-24(34)12-15-26)13-16-30(28)44-31(21)19-37(3)33(41)35-29-10-6-8-23-7-4-5-9-27(23)29/h4-17,21-22,31,36,39H,18-20H2,1-3H3,(H,35,41)/t21-,22-,31+/m1/s1. The highest BCUT2D eigenvalue weighted by molar-refractivity contribution is 7.92. The Morgan fingerprint density at radius 2 is 1.80 bits per heavy atom. The van der Waals surface area contributed by atoms with Crippen LogP contribution in [0.2, 0.25) is 0 Å². The number of carbonyl (C=O) groups excluding carboxylic acids is 2. The topological polar surface area (TPSA) is 128 Å². The van der Waals surface area contributed by atoms with Crippen molar-refractivity contribution in [2.45, 2.75) is 30.9 Å². The minimum atomic E-state index is -4.08. The average Bonchev–Trinajstić information content (AvgIpc) is 3.02. The molecule has 45 heavy (non-hydrogen) atoms. The summed E-state index contributed by atoms with van der Waals surface area (Å²) in [5, 5.41) is 14.8. The molecule has 5 rings (SSSR count). The van der Waals surface area contributed by atoms with Gasteiger partial charge in [0.15, 0.2) is 0 Å². The number of likely N-dealkylation sites (N-methyl/N-ethyl adjacent to an activating group) is 1. The fraction of sp³-hybridized carbons (Fsp3) is 0.273. The number of nitrogens with one attached hydrogen (secondary N) is 2. The van der Waals surface area contributed by atoms with E-state index in [1.807, 2.05) is 49.4 Å². The predicted octanol–water partition coefficient (Wildman–Crippen LogP) is 5.16. The number of amides is 3. The highest BCUT2D eigenvalue weighted by Crippen LogP contribution is 2.32. The fourth-order valence-electron chi connectivity index (χ4n) is 5.23. The van der Waals surface area contributed by atoms with Gasteiger partial charge >= 0.3 is 6.03 Å². The zero-order valence-corrected chi connectivity index (χ0v) is 25.9. The monoisotopic (exact) mass is 634 g/mol. The lowest BCUT2D eigenvalue weighted by Gasteiger charge is -2.38. The van der Waals surface area contributed by atoms with Gasteiger partial charge in [0.2, 0.25) is 0 Å². The molecule has 12 heteroatoms. The fourth-order valence-corrected chi connectivity index (χ4v) is 6.28. The van der Waals surface area contributed by atoms with E-state index in [0.29, 0.717) is 5.69 Å². The van der Waals surface area contributed by atoms with Gasteiger partial charge in [0.25, 0.3) is 15.9 Å². The number of rotatable bonds is 8. The van der Waals surface area contributed by atoms with Crippen molar-refractivity contribution in [2.75, 3.05) is 36.8 Å². The Morgan fingerprint density at radius 1 is 1.09 bits per heavy atom. The summed E-state index contributed by atoms with van der Waals surface area (Å²) in [6.45, 7) is 3.72. The van der Waals surface area contributed by atoms with Crippen LogP contribution < -0.4 is 14.8 Å². The number of fused-ring (bicyclic) bond motifs is 2. The summed E-state index contributed by atoms with van der Waals surface area (Å²) in [7, 11) is -2.43. The number of anilines is 2. The van der Waals surface area contributed by atoms with Crippen LogP contribution in [-0.4, -0.2) is 74.2 Å². The van der Waals surface area contributed by atoms with Crippen molar-refractivity contribution in [1.29, 1.82) is 0 Å². The molecule has 0 fully saturated rings. The zero-order valence-electron chi connectivity index (χ0n) is 25.1. The maximum atomic E-state index is 13.7. The first-order valence-electron chi connectivity index (χ1n) is 14.5. The summed E-state index contributed by atoms with van der Waals surface area (Å²) in [5.74, 6) is -1.06. The number of benzene rings is 4. The molecule has 3 atom stereocenters. The summed E-state index contributed by atoms with van der Waals surface area (Å²) >= 11 is 0. The first-order chi connectivity index (χ1) is 21.5. The Balaban J connectivity index is 1.40. The molecule has 3 N–H and O–H groups in total. The highest BCUT2D eigenvalue weighted by atomic mass is 32.2. The van der Waals surface area contributed by atoms with Crippen LogP contribution >= 0.6 is 0 Å². The third kappa shape index (κ3) is 7.02. The first-order valence-corrected chi connectivity index (χ1v) is 16.0. The van der Waals surface area contributed by atoms with Gasteiger partial charge in [-0.1, -0.05) is 43.3 Å². The van der Waals surface area contributed by atoms with Gasteiger partial charge in [-0.05, 0) is 60.8 Å². The van der Waals surface area contributed by atoms with Crippen molar-refractivity contribution >= 4 is 44.1 Å². The summed E-state index contributed by atoms with van der Waals surface area (Å²) in [6.07, 6.45) is -0.560. The van der Waals surface area contributed by atoms with Gasteiger partial charge < -0.3 is 25.0 Å². The molecule has 0 aromatic heterocycles. The molecule has 10 nitrogen and oxygen atoms in total. The van der Waals surface area contributed by atoms with Gasteiger partial charge in [0, 0.05) is 30.6 Å². The van der Waals surface area contributed by atoms with Crippen LogP contribution in [0.5, 0.6) is 5.75 Å². The second-order valence-corrected chi connectivity index (χ2v) is 12.9. The van der Waals surface area contributed by atoms with Crippen molar-refractivity contribution < 1.29 is 32.2 Å². The van der Waals surface area contributed by atoms with Crippen molar-refractivity contribution in [3.63, 3.8) is 0 Å². The number of ether oxygens (including phenoxy) is 1. The minimum absolute atomic E-state index is 0.0920. The number of aliphatic hydroxyl groups excluding tert-OH is 1. The van der Waals surface area contributed by atoms with Crippen LogP contribution in [0.1, 0.15) is 24.2 Å². The molecular weight excluding hydrogens is 599 g/mol. The van der Waals surface area contributed by atoms with E-state index in [2.05, 4.69) is 10.0 Å². The van der Waals surface area contributed by atoms with Crippen molar-refractivity contribution in [2.24, 2.45) is 5.92 Å². The molecule has 0 saturated carbocycles. The molecule has 1 aliphatic rings. The summed E-state index contributed by atoms with van der Waals surface area (Å²) in [4.78, 5) is 29.9. The van der Waals surface area contributed by atoms with E-state index in [4.69, 9.17) is 4.74 Å². The Morgan fingerprint density at radius 3 is 2.53 bits per heavy atom. The van der Waals surface area contributed by atoms with E-state index in [0.717, 1.165) is 35.0 Å². The van der Waals surface area contributed by atoms with Gasteiger partial charge in [-0.25, -0.2) is 17.6 Å². The van der Waals surface area contributed by atoms with Crippen LogP contribution in [-0.2, 0) is 10.0 Å². The highest BCUT2D eigenvalue weighted by Gasteiger charge is 2.34. The molecule has 0 spiro atoms. The molecule has 0 unspecified atom stereocenters. The Hall–Kier alpha value is -4.68. The van der Waals surface area contributed by atoms with Gasteiger partial charge in [0.1, 0.15) is 17.7 Å². The van der Waals surface area contributed by atoms with Gasteiger partial charge in [-0.3, -0.25) is 9.52 Å². The number of carbonyl (C=O) groups is 2. The number of aliphatic hydroxyl groups is 1. The molecular formula is C33H35FN4O6S. The molecule has 236 valence electrons. The van der Waals surface area contributed by atoms with Crippen molar-refractivity contribution in [3.05, 3.63) is 96.3 Å². The number of nitrogens with zero attached hydrogens (tertiary/aromatic N) is 2. The van der Waals surface area contributed by atoms with Crippen LogP contribution in [0, 0.1) is 11.7 Å². The zero-order chi connectivity index (χ0) is 32.3. The Bertz CT molecular complexity index is 1810. The smallest absolute Gasteiger partial charge is 0.321 e. The van der Waals surface area contributed by atoms with Crippen molar-refractivity contribution in [3.8, 4) is 5.75 Å². The maximum Gasteiger partial charge on any atom is 0.321 e. The number of halogens is 1. The molecule has 4 aromatic rings. The van der Waals surface area contributed by atoms with Crippen LogP contribution in [0.25, 0.3) is 10.8 Å². The van der Waals surface area contributed by atoms with Gasteiger partial charge in [0.05, 0.1) is 35.3 Å².